The van der Waals surface area contributed by atoms with E-state index in [2.05, 4.69) is 26.9 Å². The van der Waals surface area contributed by atoms with E-state index in [1.807, 2.05) is 31.2 Å². The number of halogens is 1. The summed E-state index contributed by atoms with van der Waals surface area (Å²) in [6.45, 7) is 5.82. The van der Waals surface area contributed by atoms with Crippen molar-refractivity contribution >= 4 is 54.9 Å². The van der Waals surface area contributed by atoms with Crippen LogP contribution in [0.4, 0.5) is 0 Å². The Morgan fingerprint density at radius 2 is 1.79 bits per heavy atom. The third-order valence-corrected chi connectivity index (χ3v) is 7.13. The molecule has 1 fully saturated rings. The molecule has 2 aromatic rings. The van der Waals surface area contributed by atoms with Crippen LogP contribution in [0, 0.1) is 0 Å². The van der Waals surface area contributed by atoms with Gasteiger partial charge >= 0.3 is 0 Å². The number of amidine groups is 1. The van der Waals surface area contributed by atoms with Gasteiger partial charge in [0.05, 0.1) is 9.80 Å². The number of sulfonamides is 1. The largest absolute Gasteiger partial charge is 0.284 e. The fourth-order valence-corrected chi connectivity index (χ4v) is 5.08. The third-order valence-electron chi connectivity index (χ3n) is 4.20. The number of carbonyl (C=O) groups is 1. The molecule has 2 aromatic carbocycles. The number of thioether (sulfide) groups is 1. The zero-order valence-electron chi connectivity index (χ0n) is 15.7. The second kappa shape index (κ2) is 9.11. The molecule has 3 rings (SSSR count). The number of hydrogen-bond acceptors (Lipinski definition) is 4. The van der Waals surface area contributed by atoms with Crippen LogP contribution in [0.3, 0.4) is 0 Å². The number of carbonyl (C=O) groups excluding carboxylic acids is 1. The molecule has 1 aliphatic heterocycles. The minimum absolute atomic E-state index is 0.0964. The maximum Gasteiger partial charge on any atom is 0.284 e. The lowest BCUT2D eigenvalue weighted by atomic mass is 10.2. The van der Waals surface area contributed by atoms with Crippen LogP contribution >= 0.6 is 27.7 Å². The van der Waals surface area contributed by atoms with Crippen molar-refractivity contribution in [2.45, 2.75) is 18.2 Å². The summed E-state index contributed by atoms with van der Waals surface area (Å²) in [6.07, 6.45) is 4.08. The summed E-state index contributed by atoms with van der Waals surface area (Å²) in [6, 6.07) is 14.1. The molecule has 0 radical (unpaired) electrons. The van der Waals surface area contributed by atoms with Crippen LogP contribution < -0.4 is 0 Å². The molecular formula is C21H19BrN2O3S2. The SMILES string of the molecule is C=CCN1C(=O)/C(=C/c2ccc(Br)cc2)S/C1=N/S(=O)(=O)c1ccc(CC)cc1. The van der Waals surface area contributed by atoms with Gasteiger partial charge in [0.25, 0.3) is 15.9 Å². The Bertz CT molecular complexity index is 1090. The first-order chi connectivity index (χ1) is 13.8. The van der Waals surface area contributed by atoms with Gasteiger partial charge in [0.1, 0.15) is 0 Å². The minimum atomic E-state index is -3.94. The quantitative estimate of drug-likeness (QED) is 0.428. The average molecular weight is 491 g/mol. The van der Waals surface area contributed by atoms with E-state index in [0.29, 0.717) is 4.91 Å². The summed E-state index contributed by atoms with van der Waals surface area (Å²) in [5, 5.41) is 0.123. The van der Waals surface area contributed by atoms with Crippen LogP contribution in [0.15, 0.2) is 79.9 Å². The first-order valence-corrected chi connectivity index (χ1v) is 11.9. The van der Waals surface area contributed by atoms with Crippen LogP contribution in [0.5, 0.6) is 0 Å². The number of hydrogen-bond donors (Lipinski definition) is 0. The van der Waals surface area contributed by atoms with Gasteiger partial charge in [0.15, 0.2) is 5.17 Å². The molecule has 29 heavy (non-hydrogen) atoms. The van der Waals surface area contributed by atoms with Crippen LogP contribution in [0.2, 0.25) is 0 Å². The van der Waals surface area contributed by atoms with Gasteiger partial charge in [0, 0.05) is 11.0 Å². The molecule has 0 aliphatic carbocycles. The minimum Gasteiger partial charge on any atom is -0.282 e. The van der Waals surface area contributed by atoms with Gasteiger partial charge in [-0.15, -0.1) is 11.0 Å². The maximum absolute atomic E-state index is 12.8. The van der Waals surface area contributed by atoms with Crippen molar-refractivity contribution < 1.29 is 13.2 Å². The lowest BCUT2D eigenvalue weighted by Crippen LogP contribution is -2.29. The lowest BCUT2D eigenvalue weighted by Gasteiger charge is -2.12. The zero-order valence-corrected chi connectivity index (χ0v) is 18.9. The molecule has 1 amide bonds. The van der Waals surface area contributed by atoms with Crippen molar-refractivity contribution in [1.82, 2.24) is 4.90 Å². The smallest absolute Gasteiger partial charge is 0.282 e. The highest BCUT2D eigenvalue weighted by atomic mass is 79.9. The van der Waals surface area contributed by atoms with E-state index >= 15 is 0 Å². The van der Waals surface area contributed by atoms with Gasteiger partial charge in [-0.3, -0.25) is 9.69 Å². The molecule has 0 spiro atoms. The van der Waals surface area contributed by atoms with E-state index in [1.54, 1.807) is 24.3 Å². The highest BCUT2D eigenvalue weighted by Crippen LogP contribution is 2.33. The highest BCUT2D eigenvalue weighted by molar-refractivity contribution is 9.10. The first kappa shape index (κ1) is 21.5. The van der Waals surface area contributed by atoms with E-state index in [4.69, 9.17) is 0 Å². The van der Waals surface area contributed by atoms with Gasteiger partial charge < -0.3 is 0 Å². The molecule has 1 heterocycles. The van der Waals surface area contributed by atoms with Crippen molar-refractivity contribution in [2.75, 3.05) is 6.54 Å². The fraction of sp³-hybridized carbons (Fsp3) is 0.143. The number of amides is 1. The predicted octanol–water partition coefficient (Wildman–Crippen LogP) is 4.86. The molecule has 0 atom stereocenters. The predicted molar refractivity (Wildman–Crippen MR) is 122 cm³/mol. The van der Waals surface area contributed by atoms with Crippen molar-refractivity contribution in [3.63, 3.8) is 0 Å². The second-order valence-electron chi connectivity index (χ2n) is 6.21. The van der Waals surface area contributed by atoms with Crippen LogP contribution in [0.25, 0.3) is 6.08 Å². The van der Waals surface area contributed by atoms with E-state index < -0.39 is 10.0 Å². The summed E-state index contributed by atoms with van der Waals surface area (Å²) >= 11 is 4.42. The van der Waals surface area contributed by atoms with Crippen molar-refractivity contribution in [3.05, 3.63) is 81.7 Å². The summed E-state index contributed by atoms with van der Waals surface area (Å²) in [5.41, 5.74) is 1.87. The topological polar surface area (TPSA) is 66.8 Å². The molecule has 5 nitrogen and oxygen atoms in total. The van der Waals surface area contributed by atoms with Crippen LogP contribution in [-0.4, -0.2) is 30.9 Å². The van der Waals surface area contributed by atoms with E-state index in [0.717, 1.165) is 33.8 Å². The molecule has 0 aromatic heterocycles. The summed E-state index contributed by atoms with van der Waals surface area (Å²) in [7, 11) is -3.94. The van der Waals surface area contributed by atoms with E-state index in [-0.39, 0.29) is 22.5 Å². The first-order valence-electron chi connectivity index (χ1n) is 8.86. The molecule has 1 saturated heterocycles. The molecule has 8 heteroatoms. The van der Waals surface area contributed by atoms with Gasteiger partial charge in [-0.05, 0) is 59.7 Å². The van der Waals surface area contributed by atoms with Crippen molar-refractivity contribution in [1.29, 1.82) is 0 Å². The summed E-state index contributed by atoms with van der Waals surface area (Å²) < 4.78 is 30.4. The Kier molecular flexibility index (Phi) is 6.77. The van der Waals surface area contributed by atoms with Gasteiger partial charge in [-0.25, -0.2) is 0 Å². The summed E-state index contributed by atoms with van der Waals surface area (Å²) in [4.78, 5) is 14.6. The standard InChI is InChI=1S/C21H19BrN2O3S2/c1-3-13-24-20(25)19(14-16-5-9-17(22)10-6-16)28-21(24)23-29(26,27)18-11-7-15(4-2)8-12-18/h3,5-12,14H,1,4,13H2,2H3/b19-14-,23-21+. The Morgan fingerprint density at radius 1 is 1.14 bits per heavy atom. The molecule has 0 unspecified atom stereocenters. The van der Waals surface area contributed by atoms with Crippen molar-refractivity contribution in [2.24, 2.45) is 4.40 Å². The summed E-state index contributed by atoms with van der Waals surface area (Å²) in [5.74, 6) is -0.298. The number of benzene rings is 2. The third kappa shape index (κ3) is 5.07. The molecule has 0 bridgehead atoms. The van der Waals surface area contributed by atoms with Gasteiger partial charge in [-0.1, -0.05) is 53.2 Å². The Hall–Kier alpha value is -2.16. The van der Waals surface area contributed by atoms with Crippen LogP contribution in [0.1, 0.15) is 18.1 Å². The average Bonchev–Trinajstić information content (AvgIpc) is 2.98. The van der Waals surface area contributed by atoms with Gasteiger partial charge in [0.2, 0.25) is 0 Å². The molecule has 150 valence electrons. The molecule has 1 aliphatic rings. The Labute approximate surface area is 183 Å². The van der Waals surface area contributed by atoms with Crippen LogP contribution in [-0.2, 0) is 21.2 Å². The Morgan fingerprint density at radius 3 is 2.38 bits per heavy atom. The fourth-order valence-electron chi connectivity index (χ4n) is 2.63. The zero-order chi connectivity index (χ0) is 21.0. The highest BCUT2D eigenvalue weighted by Gasteiger charge is 2.34. The molecule has 0 saturated carbocycles. The molecule has 0 N–H and O–H groups in total. The maximum atomic E-state index is 12.8. The lowest BCUT2D eigenvalue weighted by molar-refractivity contribution is -0.121. The number of aryl methyl sites for hydroxylation is 1. The Balaban J connectivity index is 1.96. The molecular weight excluding hydrogens is 472 g/mol. The number of rotatable bonds is 6. The normalized spacial score (nSPS) is 17.3. The second-order valence-corrected chi connectivity index (χ2v) is 9.74. The van der Waals surface area contributed by atoms with Crippen molar-refractivity contribution in [3.8, 4) is 0 Å². The van der Waals surface area contributed by atoms with E-state index in [9.17, 15) is 13.2 Å². The van der Waals surface area contributed by atoms with Gasteiger partial charge in [-0.2, -0.15) is 8.42 Å². The van der Waals surface area contributed by atoms with E-state index in [1.165, 1.54) is 17.0 Å². The number of nitrogens with zero attached hydrogens (tertiary/aromatic N) is 2. The monoisotopic (exact) mass is 490 g/mol.